The highest BCUT2D eigenvalue weighted by molar-refractivity contribution is 5.22. The molecular formula is C6H8F3N3. The van der Waals surface area contributed by atoms with Crippen LogP contribution in [0.3, 0.4) is 0 Å². The maximum atomic E-state index is 12.1. The van der Waals surface area contributed by atoms with E-state index in [0.717, 1.165) is 6.20 Å². The molecule has 3 N–H and O–H groups in total. The Hall–Kier alpha value is -1.04. The summed E-state index contributed by atoms with van der Waals surface area (Å²) in [5.41, 5.74) is 4.42. The molecule has 1 heterocycles. The zero-order valence-electron chi connectivity index (χ0n) is 6.31. The van der Waals surface area contributed by atoms with E-state index in [9.17, 15) is 13.2 Å². The SMILES string of the molecule is C[C@@H](N)c1cn[nH]c1C(F)(F)F. The second-order valence-electron chi connectivity index (χ2n) is 2.49. The molecule has 0 spiro atoms. The van der Waals surface area contributed by atoms with E-state index in [1.807, 2.05) is 5.10 Å². The average molecular weight is 179 g/mol. The van der Waals surface area contributed by atoms with Gasteiger partial charge in [-0.1, -0.05) is 0 Å². The van der Waals surface area contributed by atoms with Crippen LogP contribution in [0.25, 0.3) is 0 Å². The molecule has 1 aromatic rings. The van der Waals surface area contributed by atoms with Gasteiger partial charge in [-0.25, -0.2) is 0 Å². The van der Waals surface area contributed by atoms with Crippen molar-refractivity contribution >= 4 is 0 Å². The fourth-order valence-electron chi connectivity index (χ4n) is 0.868. The number of aromatic nitrogens is 2. The van der Waals surface area contributed by atoms with Gasteiger partial charge < -0.3 is 5.73 Å². The van der Waals surface area contributed by atoms with Crippen molar-refractivity contribution < 1.29 is 13.2 Å². The largest absolute Gasteiger partial charge is 0.433 e. The molecule has 1 rings (SSSR count). The summed E-state index contributed by atoms with van der Waals surface area (Å²) in [6, 6.07) is -0.666. The van der Waals surface area contributed by atoms with Crippen molar-refractivity contribution in [1.82, 2.24) is 10.2 Å². The number of nitrogens with zero attached hydrogens (tertiary/aromatic N) is 1. The number of aromatic amines is 1. The third-order valence-corrected chi connectivity index (χ3v) is 1.44. The monoisotopic (exact) mass is 179 g/mol. The van der Waals surface area contributed by atoms with Crippen LogP contribution in [0.4, 0.5) is 13.2 Å². The summed E-state index contributed by atoms with van der Waals surface area (Å²) in [7, 11) is 0. The molecule has 0 unspecified atom stereocenters. The van der Waals surface area contributed by atoms with Crippen LogP contribution in [0.15, 0.2) is 6.20 Å². The maximum absolute atomic E-state index is 12.1. The van der Waals surface area contributed by atoms with Gasteiger partial charge in [0.1, 0.15) is 5.69 Å². The first kappa shape index (κ1) is 9.05. The minimum Gasteiger partial charge on any atom is -0.324 e. The first-order valence-corrected chi connectivity index (χ1v) is 3.29. The molecule has 0 saturated heterocycles. The zero-order valence-corrected chi connectivity index (χ0v) is 6.31. The Bertz CT molecular complexity index is 263. The highest BCUT2D eigenvalue weighted by atomic mass is 19.4. The molecule has 0 saturated carbocycles. The third kappa shape index (κ3) is 1.58. The average Bonchev–Trinajstić information content (AvgIpc) is 2.30. The van der Waals surface area contributed by atoms with Gasteiger partial charge in [0.15, 0.2) is 0 Å². The summed E-state index contributed by atoms with van der Waals surface area (Å²) in [6.07, 6.45) is -3.31. The fourth-order valence-corrected chi connectivity index (χ4v) is 0.868. The number of hydrogen-bond donors (Lipinski definition) is 2. The number of halogens is 3. The van der Waals surface area contributed by atoms with Crippen molar-refractivity contribution in [3.8, 4) is 0 Å². The van der Waals surface area contributed by atoms with E-state index >= 15 is 0 Å². The van der Waals surface area contributed by atoms with E-state index in [1.165, 1.54) is 6.92 Å². The van der Waals surface area contributed by atoms with Crippen molar-refractivity contribution in [2.45, 2.75) is 19.1 Å². The van der Waals surface area contributed by atoms with Crippen LogP contribution < -0.4 is 5.73 Å². The Balaban J connectivity index is 3.08. The summed E-state index contributed by atoms with van der Waals surface area (Å²) in [5.74, 6) is 0. The highest BCUT2D eigenvalue weighted by Gasteiger charge is 2.36. The van der Waals surface area contributed by atoms with Crippen LogP contribution in [0.1, 0.15) is 24.2 Å². The number of nitrogens with one attached hydrogen (secondary N) is 1. The normalized spacial score (nSPS) is 14.8. The van der Waals surface area contributed by atoms with Crippen LogP contribution >= 0.6 is 0 Å². The number of H-pyrrole nitrogens is 1. The molecule has 6 heteroatoms. The Kier molecular flexibility index (Phi) is 2.10. The predicted molar refractivity (Wildman–Crippen MR) is 36.2 cm³/mol. The van der Waals surface area contributed by atoms with Crippen molar-refractivity contribution in [1.29, 1.82) is 0 Å². The molecule has 0 amide bonds. The number of alkyl halides is 3. The summed E-state index contributed by atoms with van der Waals surface area (Å²) in [4.78, 5) is 0. The number of nitrogens with two attached hydrogens (primary N) is 1. The molecule has 0 fully saturated rings. The van der Waals surface area contributed by atoms with E-state index < -0.39 is 17.9 Å². The van der Waals surface area contributed by atoms with E-state index in [4.69, 9.17) is 5.73 Å². The third-order valence-electron chi connectivity index (χ3n) is 1.44. The Morgan fingerprint density at radius 2 is 2.17 bits per heavy atom. The smallest absolute Gasteiger partial charge is 0.324 e. The highest BCUT2D eigenvalue weighted by Crippen LogP contribution is 2.31. The molecule has 0 aliphatic rings. The van der Waals surface area contributed by atoms with Crippen molar-refractivity contribution in [2.75, 3.05) is 0 Å². The molecule has 1 aromatic heterocycles. The van der Waals surface area contributed by atoms with Gasteiger partial charge in [0.05, 0.1) is 6.20 Å². The van der Waals surface area contributed by atoms with Gasteiger partial charge in [0.25, 0.3) is 0 Å². The lowest BCUT2D eigenvalue weighted by molar-refractivity contribution is -0.141. The summed E-state index contributed by atoms with van der Waals surface area (Å²) in [5, 5.41) is 5.16. The molecule has 1 atom stereocenters. The van der Waals surface area contributed by atoms with Crippen LogP contribution in [-0.4, -0.2) is 10.2 Å². The Morgan fingerprint density at radius 1 is 1.58 bits per heavy atom. The minimum absolute atomic E-state index is 0.0116. The summed E-state index contributed by atoms with van der Waals surface area (Å²) >= 11 is 0. The van der Waals surface area contributed by atoms with Crippen LogP contribution in [0.2, 0.25) is 0 Å². The lowest BCUT2D eigenvalue weighted by Crippen LogP contribution is -2.14. The molecule has 0 aromatic carbocycles. The van der Waals surface area contributed by atoms with Gasteiger partial charge in [0, 0.05) is 11.6 Å². The first-order chi connectivity index (χ1) is 5.43. The predicted octanol–water partition coefficient (Wildman–Crippen LogP) is 1.45. The van der Waals surface area contributed by atoms with E-state index in [1.54, 1.807) is 0 Å². The van der Waals surface area contributed by atoms with Crippen molar-refractivity contribution in [2.24, 2.45) is 5.73 Å². The van der Waals surface area contributed by atoms with Crippen LogP contribution in [0, 0.1) is 0 Å². The lowest BCUT2D eigenvalue weighted by Gasteiger charge is -2.08. The van der Waals surface area contributed by atoms with Crippen molar-refractivity contribution in [3.63, 3.8) is 0 Å². The fraction of sp³-hybridized carbons (Fsp3) is 0.500. The lowest BCUT2D eigenvalue weighted by atomic mass is 10.1. The van der Waals surface area contributed by atoms with Gasteiger partial charge in [-0.3, -0.25) is 5.10 Å². The molecule has 68 valence electrons. The molecular weight excluding hydrogens is 171 g/mol. The standard InChI is InChI=1S/C6H8F3N3/c1-3(10)4-2-11-12-5(4)6(7,8)9/h2-3H,10H2,1H3,(H,11,12)/t3-/m1/s1. The van der Waals surface area contributed by atoms with E-state index in [0.29, 0.717) is 0 Å². The van der Waals surface area contributed by atoms with E-state index in [2.05, 4.69) is 5.10 Å². The second-order valence-corrected chi connectivity index (χ2v) is 2.49. The van der Waals surface area contributed by atoms with Gasteiger partial charge in [-0.05, 0) is 6.92 Å². The van der Waals surface area contributed by atoms with E-state index in [-0.39, 0.29) is 5.56 Å². The quantitative estimate of drug-likeness (QED) is 0.685. The maximum Gasteiger partial charge on any atom is 0.433 e. The summed E-state index contributed by atoms with van der Waals surface area (Å²) < 4.78 is 36.3. The van der Waals surface area contributed by atoms with Gasteiger partial charge in [-0.2, -0.15) is 18.3 Å². The molecule has 3 nitrogen and oxygen atoms in total. The molecule has 0 aliphatic heterocycles. The molecule has 0 radical (unpaired) electrons. The molecule has 0 aliphatic carbocycles. The molecule has 0 bridgehead atoms. The first-order valence-electron chi connectivity index (χ1n) is 3.29. The van der Waals surface area contributed by atoms with Crippen LogP contribution in [0.5, 0.6) is 0 Å². The van der Waals surface area contributed by atoms with Gasteiger partial charge >= 0.3 is 6.18 Å². The van der Waals surface area contributed by atoms with Crippen LogP contribution in [-0.2, 0) is 6.18 Å². The summed E-state index contributed by atoms with van der Waals surface area (Å²) in [6.45, 7) is 1.47. The topological polar surface area (TPSA) is 54.7 Å². The zero-order chi connectivity index (χ0) is 9.35. The Labute approximate surface area is 66.8 Å². The van der Waals surface area contributed by atoms with Crippen molar-refractivity contribution in [3.05, 3.63) is 17.5 Å². The number of hydrogen-bond acceptors (Lipinski definition) is 2. The minimum atomic E-state index is -4.40. The second kappa shape index (κ2) is 2.78. The number of rotatable bonds is 1. The van der Waals surface area contributed by atoms with Gasteiger partial charge in [-0.15, -0.1) is 0 Å². The van der Waals surface area contributed by atoms with Gasteiger partial charge in [0.2, 0.25) is 0 Å². The molecule has 12 heavy (non-hydrogen) atoms. The Morgan fingerprint density at radius 3 is 2.50 bits per heavy atom.